The van der Waals surface area contributed by atoms with Gasteiger partial charge in [0.2, 0.25) is 0 Å². The molecular formula is C19H32O. The van der Waals surface area contributed by atoms with Crippen LogP contribution in [0.3, 0.4) is 0 Å². The van der Waals surface area contributed by atoms with E-state index in [1.54, 1.807) is 6.92 Å². The predicted octanol–water partition coefficient (Wildman–Crippen LogP) is 5.71. The van der Waals surface area contributed by atoms with Crippen molar-refractivity contribution in [1.82, 2.24) is 0 Å². The smallest absolute Gasteiger partial charge is 0.132 e. The molecule has 20 heavy (non-hydrogen) atoms. The molecule has 0 heterocycles. The molecule has 0 radical (unpaired) electrons. The monoisotopic (exact) mass is 276 g/mol. The first-order valence-corrected chi connectivity index (χ1v) is 8.08. The number of allylic oxidation sites excluding steroid dienone is 4. The minimum atomic E-state index is 0.154. The quantitative estimate of drug-likeness (QED) is 0.607. The highest BCUT2D eigenvalue weighted by atomic mass is 16.1. The van der Waals surface area contributed by atoms with Gasteiger partial charge in [-0.1, -0.05) is 45.8 Å². The Bertz CT molecular complexity index is 423. The summed E-state index contributed by atoms with van der Waals surface area (Å²) in [4.78, 5) is 11.7. The van der Waals surface area contributed by atoms with E-state index in [2.05, 4.69) is 47.6 Å². The molecule has 1 nitrogen and oxygen atoms in total. The second-order valence-corrected chi connectivity index (χ2v) is 7.25. The zero-order valence-electron chi connectivity index (χ0n) is 14.5. The molecule has 1 heteroatoms. The summed E-state index contributed by atoms with van der Waals surface area (Å²) in [6.07, 6.45) is 6.90. The standard InChI is InChI=1S/C19H32O/c1-8-19(6,7)18(12-14(3)16(5)20)17-11-9-10-13(2)15(17)4/h11,14,18H,8-10,12H2,1-7H3. The van der Waals surface area contributed by atoms with Crippen LogP contribution in [0.1, 0.15) is 74.1 Å². The fourth-order valence-corrected chi connectivity index (χ4v) is 3.07. The Morgan fingerprint density at radius 3 is 2.45 bits per heavy atom. The molecule has 2 atom stereocenters. The molecule has 0 N–H and O–H groups in total. The van der Waals surface area contributed by atoms with Gasteiger partial charge in [-0.2, -0.15) is 0 Å². The first-order valence-electron chi connectivity index (χ1n) is 8.08. The van der Waals surface area contributed by atoms with Crippen LogP contribution in [-0.2, 0) is 4.79 Å². The van der Waals surface area contributed by atoms with E-state index >= 15 is 0 Å². The van der Waals surface area contributed by atoms with Gasteiger partial charge in [0, 0.05) is 5.92 Å². The summed E-state index contributed by atoms with van der Waals surface area (Å²) in [6, 6.07) is 0. The zero-order valence-corrected chi connectivity index (χ0v) is 14.5. The summed E-state index contributed by atoms with van der Waals surface area (Å²) >= 11 is 0. The van der Waals surface area contributed by atoms with Gasteiger partial charge in [-0.05, 0) is 62.5 Å². The molecule has 1 rings (SSSR count). The lowest BCUT2D eigenvalue weighted by Crippen LogP contribution is -2.29. The molecule has 0 spiro atoms. The van der Waals surface area contributed by atoms with Crippen LogP contribution in [0.2, 0.25) is 0 Å². The molecule has 0 fully saturated rings. The molecule has 0 aromatic carbocycles. The molecule has 1 aliphatic rings. The maximum absolute atomic E-state index is 11.7. The fraction of sp³-hybridized carbons (Fsp3) is 0.737. The summed E-state index contributed by atoms with van der Waals surface area (Å²) in [7, 11) is 0. The van der Waals surface area contributed by atoms with E-state index in [0.29, 0.717) is 11.7 Å². The van der Waals surface area contributed by atoms with Crippen molar-refractivity contribution >= 4 is 5.78 Å². The van der Waals surface area contributed by atoms with Crippen molar-refractivity contribution in [2.45, 2.75) is 74.1 Å². The number of hydrogen-bond donors (Lipinski definition) is 0. The maximum atomic E-state index is 11.7. The SMILES string of the molecule is CCC(C)(C)C(CC(C)C(C)=O)C1=CCCC(C)=C1C. The van der Waals surface area contributed by atoms with E-state index in [1.165, 1.54) is 23.1 Å². The summed E-state index contributed by atoms with van der Waals surface area (Å²) < 4.78 is 0. The maximum Gasteiger partial charge on any atom is 0.132 e. The van der Waals surface area contributed by atoms with Crippen molar-refractivity contribution in [3.8, 4) is 0 Å². The third-order valence-corrected chi connectivity index (χ3v) is 5.47. The Kier molecular flexibility index (Phi) is 5.79. The number of Topliss-reactive ketones (excluding diaryl/α,β-unsaturated/α-hetero) is 1. The molecule has 0 bridgehead atoms. The average Bonchev–Trinajstić information content (AvgIpc) is 2.39. The van der Waals surface area contributed by atoms with Crippen LogP contribution in [0, 0.1) is 17.3 Å². The molecule has 0 amide bonds. The molecule has 0 saturated carbocycles. The average molecular weight is 276 g/mol. The number of rotatable bonds is 6. The van der Waals surface area contributed by atoms with Crippen molar-refractivity contribution in [3.05, 3.63) is 22.8 Å². The second kappa shape index (κ2) is 6.74. The predicted molar refractivity (Wildman–Crippen MR) is 87.7 cm³/mol. The van der Waals surface area contributed by atoms with Crippen molar-refractivity contribution in [1.29, 1.82) is 0 Å². The van der Waals surface area contributed by atoms with Crippen molar-refractivity contribution in [2.24, 2.45) is 17.3 Å². The summed E-state index contributed by atoms with van der Waals surface area (Å²) in [6.45, 7) is 15.3. The normalized spacial score (nSPS) is 19.6. The number of hydrogen-bond acceptors (Lipinski definition) is 1. The van der Waals surface area contributed by atoms with E-state index in [1.807, 2.05) is 0 Å². The van der Waals surface area contributed by atoms with Crippen LogP contribution in [0.15, 0.2) is 22.8 Å². The van der Waals surface area contributed by atoms with Gasteiger partial charge in [0.15, 0.2) is 0 Å². The Hall–Kier alpha value is -0.850. The third-order valence-electron chi connectivity index (χ3n) is 5.47. The number of ketones is 1. The molecule has 0 aromatic heterocycles. The summed E-state index contributed by atoms with van der Waals surface area (Å²) in [5.74, 6) is 0.958. The lowest BCUT2D eigenvalue weighted by atomic mass is 9.66. The molecule has 114 valence electrons. The molecule has 2 unspecified atom stereocenters. The Morgan fingerprint density at radius 1 is 1.35 bits per heavy atom. The van der Waals surface area contributed by atoms with Crippen LogP contribution in [0.4, 0.5) is 0 Å². The van der Waals surface area contributed by atoms with E-state index in [-0.39, 0.29) is 11.3 Å². The van der Waals surface area contributed by atoms with Gasteiger partial charge in [-0.25, -0.2) is 0 Å². The second-order valence-electron chi connectivity index (χ2n) is 7.25. The summed E-state index contributed by atoms with van der Waals surface area (Å²) in [5.41, 5.74) is 4.75. The van der Waals surface area contributed by atoms with Crippen molar-refractivity contribution in [3.63, 3.8) is 0 Å². The topological polar surface area (TPSA) is 17.1 Å². The van der Waals surface area contributed by atoms with Crippen molar-refractivity contribution < 1.29 is 4.79 Å². The number of carbonyl (C=O) groups is 1. The zero-order chi connectivity index (χ0) is 15.5. The fourth-order valence-electron chi connectivity index (χ4n) is 3.07. The van der Waals surface area contributed by atoms with E-state index in [4.69, 9.17) is 0 Å². The highest BCUT2D eigenvalue weighted by Gasteiger charge is 2.34. The Labute approximate surface area is 125 Å². The largest absolute Gasteiger partial charge is 0.300 e. The van der Waals surface area contributed by atoms with E-state index in [9.17, 15) is 4.79 Å². The lowest BCUT2D eigenvalue weighted by molar-refractivity contribution is -0.120. The molecule has 0 aromatic rings. The summed E-state index contributed by atoms with van der Waals surface area (Å²) in [5, 5.41) is 0. The van der Waals surface area contributed by atoms with Gasteiger partial charge in [0.25, 0.3) is 0 Å². The van der Waals surface area contributed by atoms with Gasteiger partial charge < -0.3 is 0 Å². The Balaban J connectivity index is 3.12. The minimum Gasteiger partial charge on any atom is -0.300 e. The van der Waals surface area contributed by atoms with Crippen LogP contribution in [0.5, 0.6) is 0 Å². The van der Waals surface area contributed by atoms with Crippen molar-refractivity contribution in [2.75, 3.05) is 0 Å². The van der Waals surface area contributed by atoms with Crippen LogP contribution in [0.25, 0.3) is 0 Å². The van der Waals surface area contributed by atoms with Gasteiger partial charge in [0.05, 0.1) is 0 Å². The van der Waals surface area contributed by atoms with Crippen LogP contribution in [-0.4, -0.2) is 5.78 Å². The van der Waals surface area contributed by atoms with Gasteiger partial charge in [0.1, 0.15) is 5.78 Å². The van der Waals surface area contributed by atoms with Gasteiger partial charge in [-0.15, -0.1) is 0 Å². The first kappa shape index (κ1) is 17.2. The van der Waals surface area contributed by atoms with E-state index in [0.717, 1.165) is 19.3 Å². The number of carbonyl (C=O) groups excluding carboxylic acids is 1. The van der Waals surface area contributed by atoms with Gasteiger partial charge >= 0.3 is 0 Å². The molecule has 0 aliphatic heterocycles. The van der Waals surface area contributed by atoms with Crippen LogP contribution >= 0.6 is 0 Å². The highest BCUT2D eigenvalue weighted by molar-refractivity contribution is 5.77. The first-order chi connectivity index (χ1) is 9.20. The molecule has 0 saturated heterocycles. The highest BCUT2D eigenvalue weighted by Crippen LogP contribution is 2.44. The third kappa shape index (κ3) is 3.84. The van der Waals surface area contributed by atoms with E-state index < -0.39 is 0 Å². The minimum absolute atomic E-state index is 0.154. The lowest BCUT2D eigenvalue weighted by Gasteiger charge is -2.38. The molecule has 1 aliphatic carbocycles. The van der Waals surface area contributed by atoms with Gasteiger partial charge in [-0.3, -0.25) is 4.79 Å². The Morgan fingerprint density at radius 2 is 1.95 bits per heavy atom. The van der Waals surface area contributed by atoms with Crippen LogP contribution < -0.4 is 0 Å². The molecular weight excluding hydrogens is 244 g/mol.